The third-order valence-electron chi connectivity index (χ3n) is 1.92. The van der Waals surface area contributed by atoms with E-state index in [9.17, 15) is 0 Å². The molecule has 2 heteroatoms. The molecule has 0 saturated heterocycles. The van der Waals surface area contributed by atoms with E-state index in [2.05, 4.69) is 6.58 Å². The van der Waals surface area contributed by atoms with Crippen LogP contribution in [0, 0.1) is 0 Å². The molecule has 2 atom stereocenters. The normalized spacial score (nSPS) is 16.0. The average Bonchev–Trinajstić information content (AvgIpc) is 1.99. The lowest BCUT2D eigenvalue weighted by Crippen LogP contribution is -2.22. The van der Waals surface area contributed by atoms with Crippen molar-refractivity contribution < 1.29 is 4.74 Å². The van der Waals surface area contributed by atoms with Crippen molar-refractivity contribution in [1.82, 2.24) is 0 Å². The monoisotopic (exact) mass is 157 g/mol. The Morgan fingerprint density at radius 1 is 1.55 bits per heavy atom. The van der Waals surface area contributed by atoms with Gasteiger partial charge in [-0.1, -0.05) is 12.2 Å². The molecule has 0 aliphatic rings. The van der Waals surface area contributed by atoms with Gasteiger partial charge < -0.3 is 10.5 Å². The zero-order valence-corrected chi connectivity index (χ0v) is 7.76. The fourth-order valence-corrected chi connectivity index (χ4v) is 0.779. The summed E-state index contributed by atoms with van der Waals surface area (Å²) in [6, 6.07) is 0.132. The second kappa shape index (κ2) is 5.33. The van der Waals surface area contributed by atoms with Crippen molar-refractivity contribution in [2.45, 2.75) is 38.8 Å². The molecule has 0 aromatic carbocycles. The van der Waals surface area contributed by atoms with Gasteiger partial charge in [0.05, 0.1) is 6.10 Å². The summed E-state index contributed by atoms with van der Waals surface area (Å²) in [5.41, 5.74) is 6.81. The molecular weight excluding hydrogens is 138 g/mol. The first kappa shape index (κ1) is 10.7. The highest BCUT2D eigenvalue weighted by atomic mass is 16.5. The quantitative estimate of drug-likeness (QED) is 0.616. The van der Waals surface area contributed by atoms with Crippen LogP contribution in [0.2, 0.25) is 0 Å². The minimum Gasteiger partial charge on any atom is -0.382 e. The van der Waals surface area contributed by atoms with Gasteiger partial charge in [-0.2, -0.15) is 0 Å². The number of hydrogen-bond donors (Lipinski definition) is 1. The summed E-state index contributed by atoms with van der Waals surface area (Å²) in [5.74, 6) is 0. The summed E-state index contributed by atoms with van der Waals surface area (Å²) in [5, 5.41) is 0. The van der Waals surface area contributed by atoms with Gasteiger partial charge in [0.25, 0.3) is 0 Å². The van der Waals surface area contributed by atoms with Crippen molar-refractivity contribution in [2.75, 3.05) is 7.11 Å². The number of methoxy groups -OCH3 is 1. The van der Waals surface area contributed by atoms with Crippen LogP contribution in [0.25, 0.3) is 0 Å². The van der Waals surface area contributed by atoms with Crippen molar-refractivity contribution in [3.8, 4) is 0 Å². The van der Waals surface area contributed by atoms with Crippen LogP contribution in [-0.4, -0.2) is 19.3 Å². The summed E-state index contributed by atoms with van der Waals surface area (Å²) < 4.78 is 5.10. The first-order valence-corrected chi connectivity index (χ1v) is 4.01. The lowest BCUT2D eigenvalue weighted by molar-refractivity contribution is 0.108. The molecule has 0 heterocycles. The predicted octanol–water partition coefficient (Wildman–Crippen LogP) is 1.70. The molecule has 0 spiro atoms. The van der Waals surface area contributed by atoms with Crippen molar-refractivity contribution >= 4 is 0 Å². The molecule has 0 fully saturated rings. The van der Waals surface area contributed by atoms with Crippen molar-refractivity contribution in [3.63, 3.8) is 0 Å². The van der Waals surface area contributed by atoms with E-state index >= 15 is 0 Å². The summed E-state index contributed by atoms with van der Waals surface area (Å²) in [7, 11) is 1.72. The van der Waals surface area contributed by atoms with Crippen LogP contribution < -0.4 is 5.73 Å². The Hall–Kier alpha value is -0.340. The second-order valence-electron chi connectivity index (χ2n) is 3.08. The standard InChI is InChI=1S/C9H19NO/c1-7(2)9(10)6-5-8(3)11-4/h8-9H,1,5-6,10H2,2-4H3. The molecule has 0 aliphatic heterocycles. The van der Waals surface area contributed by atoms with Gasteiger partial charge in [-0.05, 0) is 26.7 Å². The average molecular weight is 157 g/mol. The number of ether oxygens (including phenoxy) is 1. The molecule has 0 saturated carbocycles. The smallest absolute Gasteiger partial charge is 0.0543 e. The van der Waals surface area contributed by atoms with Crippen LogP contribution in [0.4, 0.5) is 0 Å². The molecule has 0 bridgehead atoms. The summed E-state index contributed by atoms with van der Waals surface area (Å²) in [4.78, 5) is 0. The number of nitrogens with two attached hydrogens (primary N) is 1. The highest BCUT2D eigenvalue weighted by Gasteiger charge is 2.05. The molecular formula is C9H19NO. The van der Waals surface area contributed by atoms with E-state index in [0.717, 1.165) is 18.4 Å². The molecule has 11 heavy (non-hydrogen) atoms. The Labute approximate surface area is 69.4 Å². The van der Waals surface area contributed by atoms with Crippen LogP contribution in [0.1, 0.15) is 26.7 Å². The van der Waals surface area contributed by atoms with Crippen LogP contribution in [0.3, 0.4) is 0 Å². The molecule has 2 unspecified atom stereocenters. The van der Waals surface area contributed by atoms with Crippen LogP contribution in [-0.2, 0) is 4.74 Å². The van der Waals surface area contributed by atoms with Crippen molar-refractivity contribution in [1.29, 1.82) is 0 Å². The Bertz CT molecular complexity index is 123. The van der Waals surface area contributed by atoms with E-state index in [1.54, 1.807) is 7.11 Å². The minimum absolute atomic E-state index is 0.132. The molecule has 66 valence electrons. The summed E-state index contributed by atoms with van der Waals surface area (Å²) >= 11 is 0. The van der Waals surface area contributed by atoms with Crippen molar-refractivity contribution in [3.05, 3.63) is 12.2 Å². The van der Waals surface area contributed by atoms with Gasteiger partial charge in [0.1, 0.15) is 0 Å². The van der Waals surface area contributed by atoms with Gasteiger partial charge in [0, 0.05) is 13.2 Å². The zero-order chi connectivity index (χ0) is 8.85. The van der Waals surface area contributed by atoms with E-state index in [1.807, 2.05) is 13.8 Å². The zero-order valence-electron chi connectivity index (χ0n) is 7.76. The van der Waals surface area contributed by atoms with E-state index in [4.69, 9.17) is 10.5 Å². The lowest BCUT2D eigenvalue weighted by Gasteiger charge is -2.14. The lowest BCUT2D eigenvalue weighted by atomic mass is 10.0. The Morgan fingerprint density at radius 3 is 2.45 bits per heavy atom. The predicted molar refractivity (Wildman–Crippen MR) is 48.5 cm³/mol. The fraction of sp³-hybridized carbons (Fsp3) is 0.778. The second-order valence-corrected chi connectivity index (χ2v) is 3.08. The van der Waals surface area contributed by atoms with E-state index in [-0.39, 0.29) is 6.04 Å². The topological polar surface area (TPSA) is 35.2 Å². The van der Waals surface area contributed by atoms with Crippen LogP contribution in [0.5, 0.6) is 0 Å². The van der Waals surface area contributed by atoms with E-state index in [0.29, 0.717) is 6.10 Å². The van der Waals surface area contributed by atoms with Crippen LogP contribution in [0.15, 0.2) is 12.2 Å². The van der Waals surface area contributed by atoms with E-state index < -0.39 is 0 Å². The van der Waals surface area contributed by atoms with Gasteiger partial charge in [0.2, 0.25) is 0 Å². The highest BCUT2D eigenvalue weighted by molar-refractivity contribution is 4.99. The van der Waals surface area contributed by atoms with Gasteiger partial charge in [-0.3, -0.25) is 0 Å². The first-order valence-electron chi connectivity index (χ1n) is 4.01. The fourth-order valence-electron chi connectivity index (χ4n) is 0.779. The summed E-state index contributed by atoms with van der Waals surface area (Å²) in [6.07, 6.45) is 2.27. The first-order chi connectivity index (χ1) is 5.07. The molecule has 2 N–H and O–H groups in total. The van der Waals surface area contributed by atoms with Gasteiger partial charge >= 0.3 is 0 Å². The third kappa shape index (κ3) is 4.99. The minimum atomic E-state index is 0.132. The molecule has 0 aromatic heterocycles. The third-order valence-corrected chi connectivity index (χ3v) is 1.92. The number of rotatable bonds is 5. The Balaban J connectivity index is 3.45. The molecule has 0 rings (SSSR count). The van der Waals surface area contributed by atoms with Gasteiger partial charge in [-0.15, -0.1) is 0 Å². The Morgan fingerprint density at radius 2 is 2.09 bits per heavy atom. The summed E-state index contributed by atoms with van der Waals surface area (Å²) in [6.45, 7) is 7.80. The maximum atomic E-state index is 5.76. The molecule has 2 nitrogen and oxygen atoms in total. The number of hydrogen-bond acceptors (Lipinski definition) is 2. The van der Waals surface area contributed by atoms with Gasteiger partial charge in [0.15, 0.2) is 0 Å². The van der Waals surface area contributed by atoms with E-state index in [1.165, 1.54) is 0 Å². The van der Waals surface area contributed by atoms with Gasteiger partial charge in [-0.25, -0.2) is 0 Å². The molecule has 0 aromatic rings. The maximum absolute atomic E-state index is 5.76. The Kier molecular flexibility index (Phi) is 5.16. The van der Waals surface area contributed by atoms with Crippen molar-refractivity contribution in [2.24, 2.45) is 5.73 Å². The largest absolute Gasteiger partial charge is 0.382 e. The molecule has 0 radical (unpaired) electrons. The molecule has 0 amide bonds. The SMILES string of the molecule is C=C(C)C(N)CCC(C)OC. The highest BCUT2D eigenvalue weighted by Crippen LogP contribution is 2.06. The molecule has 0 aliphatic carbocycles. The maximum Gasteiger partial charge on any atom is 0.0543 e. The van der Waals surface area contributed by atoms with Crippen LogP contribution >= 0.6 is 0 Å².